The van der Waals surface area contributed by atoms with Gasteiger partial charge in [0.15, 0.2) is 0 Å². The van der Waals surface area contributed by atoms with E-state index in [4.69, 9.17) is 0 Å². The monoisotopic (exact) mass is 201 g/mol. The van der Waals surface area contributed by atoms with E-state index < -0.39 is 0 Å². The highest BCUT2D eigenvalue weighted by Gasteiger charge is 2.29. The minimum absolute atomic E-state index is 0.210. The second-order valence-electron chi connectivity index (χ2n) is 4.35. The Kier molecular flexibility index (Phi) is 4.52. The number of halogens is 1. The predicted octanol–water partition coefficient (Wildman–Crippen LogP) is 2.03. The van der Waals surface area contributed by atoms with E-state index in [0.29, 0.717) is 18.5 Å². The van der Waals surface area contributed by atoms with Gasteiger partial charge in [0.25, 0.3) is 0 Å². The zero-order valence-electron chi connectivity index (χ0n) is 9.08. The smallest absolute Gasteiger partial charge is 0.123 e. The first kappa shape index (κ1) is 11.6. The largest absolute Gasteiger partial charge is 0.303 e. The molecule has 0 spiro atoms. The van der Waals surface area contributed by atoms with Gasteiger partial charge in [-0.3, -0.25) is 9.29 Å². The van der Waals surface area contributed by atoms with Gasteiger partial charge in [-0.1, -0.05) is 0 Å². The van der Waals surface area contributed by atoms with Crippen LogP contribution in [0.3, 0.4) is 0 Å². The second-order valence-corrected chi connectivity index (χ2v) is 4.35. The van der Waals surface area contributed by atoms with Crippen molar-refractivity contribution in [1.29, 1.82) is 0 Å². The number of nitrogens with zero attached hydrogens (tertiary/aromatic N) is 1. The number of piperidine rings is 1. The number of likely N-dealkylation sites (tertiary alicyclic amines) is 1. The highest BCUT2D eigenvalue weighted by molar-refractivity contribution is 5.53. The third-order valence-electron chi connectivity index (χ3n) is 3.16. The van der Waals surface area contributed by atoms with Gasteiger partial charge in [0.1, 0.15) is 6.29 Å². The summed E-state index contributed by atoms with van der Waals surface area (Å²) < 4.78 is 12.1. The fourth-order valence-corrected chi connectivity index (χ4v) is 2.47. The van der Waals surface area contributed by atoms with Gasteiger partial charge in [0.2, 0.25) is 0 Å². The van der Waals surface area contributed by atoms with E-state index in [9.17, 15) is 9.18 Å². The Morgan fingerprint density at radius 1 is 1.36 bits per heavy atom. The lowest BCUT2D eigenvalue weighted by Gasteiger charge is -2.41. The molecule has 0 N–H and O–H groups in total. The second kappa shape index (κ2) is 5.44. The molecule has 2 nitrogen and oxygen atoms in total. The lowest BCUT2D eigenvalue weighted by molar-refractivity contribution is -0.113. The molecule has 1 saturated heterocycles. The van der Waals surface area contributed by atoms with Gasteiger partial charge in [-0.15, -0.1) is 0 Å². The van der Waals surface area contributed by atoms with Crippen molar-refractivity contribution in [3.63, 3.8) is 0 Å². The molecule has 0 aromatic rings. The average Bonchev–Trinajstić information content (AvgIpc) is 2.16. The van der Waals surface area contributed by atoms with Crippen LogP contribution in [0.4, 0.5) is 4.39 Å². The molecule has 0 bridgehead atoms. The molecule has 1 fully saturated rings. The Balaban J connectivity index is 2.47. The van der Waals surface area contributed by atoms with Gasteiger partial charge in [0, 0.05) is 24.5 Å². The normalized spacial score (nSPS) is 34.4. The van der Waals surface area contributed by atoms with Crippen molar-refractivity contribution in [2.75, 3.05) is 13.2 Å². The molecule has 82 valence electrons. The first-order valence-corrected chi connectivity index (χ1v) is 5.46. The molecule has 0 aromatic heterocycles. The van der Waals surface area contributed by atoms with E-state index in [1.54, 1.807) is 0 Å². The Labute approximate surface area is 85.5 Å². The summed E-state index contributed by atoms with van der Waals surface area (Å²) in [6.07, 6.45) is 3.54. The maximum absolute atomic E-state index is 12.1. The van der Waals surface area contributed by atoms with Crippen LogP contribution in [0.5, 0.6) is 0 Å². The molecule has 14 heavy (non-hydrogen) atoms. The van der Waals surface area contributed by atoms with Crippen LogP contribution < -0.4 is 0 Å². The van der Waals surface area contributed by atoms with Crippen molar-refractivity contribution in [3.8, 4) is 0 Å². The molecule has 1 rings (SSSR count). The molecule has 0 aliphatic carbocycles. The molecule has 1 aliphatic heterocycles. The van der Waals surface area contributed by atoms with Crippen molar-refractivity contribution < 1.29 is 9.18 Å². The summed E-state index contributed by atoms with van der Waals surface area (Å²) in [6.45, 7) is 4.84. The first-order valence-electron chi connectivity index (χ1n) is 5.46. The Bertz CT molecular complexity index is 174. The number of hydrogen-bond acceptors (Lipinski definition) is 2. The quantitative estimate of drug-likeness (QED) is 0.649. The van der Waals surface area contributed by atoms with Crippen LogP contribution >= 0.6 is 0 Å². The van der Waals surface area contributed by atoms with Crippen LogP contribution in [0.15, 0.2) is 0 Å². The fraction of sp³-hybridized carbons (Fsp3) is 0.909. The molecule has 0 saturated carbocycles. The number of carbonyl (C=O) groups is 1. The highest BCUT2D eigenvalue weighted by Crippen LogP contribution is 2.26. The lowest BCUT2D eigenvalue weighted by atomic mass is 9.88. The minimum Gasteiger partial charge on any atom is -0.303 e. The predicted molar refractivity (Wildman–Crippen MR) is 55.0 cm³/mol. The summed E-state index contributed by atoms with van der Waals surface area (Å²) >= 11 is 0. The van der Waals surface area contributed by atoms with Crippen LogP contribution in [0.1, 0.15) is 33.1 Å². The summed E-state index contributed by atoms with van der Waals surface area (Å²) in [5.41, 5.74) is 0. The summed E-state index contributed by atoms with van der Waals surface area (Å²) in [5, 5.41) is 0. The van der Waals surface area contributed by atoms with Crippen LogP contribution in [-0.2, 0) is 4.79 Å². The fourth-order valence-electron chi connectivity index (χ4n) is 2.47. The Morgan fingerprint density at radius 3 is 2.36 bits per heavy atom. The van der Waals surface area contributed by atoms with Crippen molar-refractivity contribution >= 4 is 6.29 Å². The molecular weight excluding hydrogens is 181 g/mol. The van der Waals surface area contributed by atoms with E-state index >= 15 is 0 Å². The summed E-state index contributed by atoms with van der Waals surface area (Å²) in [5.74, 6) is 0.210. The third-order valence-corrected chi connectivity index (χ3v) is 3.16. The van der Waals surface area contributed by atoms with E-state index in [2.05, 4.69) is 18.7 Å². The van der Waals surface area contributed by atoms with Gasteiger partial charge in [-0.25, -0.2) is 0 Å². The summed E-state index contributed by atoms with van der Waals surface area (Å²) in [6, 6.07) is 0.834. The molecule has 0 amide bonds. The minimum atomic E-state index is -0.243. The maximum Gasteiger partial charge on any atom is 0.123 e. The molecule has 3 heteroatoms. The maximum atomic E-state index is 12.1. The molecule has 1 heterocycles. The number of carbonyl (C=O) groups excluding carboxylic acids is 1. The van der Waals surface area contributed by atoms with Gasteiger partial charge in [-0.05, 0) is 33.1 Å². The standard InChI is InChI=1S/C11H20FNO/c1-9-6-11(8-14)7-10(2)13(9)5-3-4-12/h8-11H,3-7H2,1-2H3/t9-,10-/m1/s1. The number of alkyl halides is 1. The van der Waals surface area contributed by atoms with Gasteiger partial charge >= 0.3 is 0 Å². The molecule has 0 radical (unpaired) electrons. The van der Waals surface area contributed by atoms with E-state index in [0.717, 1.165) is 25.7 Å². The topological polar surface area (TPSA) is 20.3 Å². The number of rotatable bonds is 4. The van der Waals surface area contributed by atoms with Gasteiger partial charge in [0.05, 0.1) is 6.67 Å². The van der Waals surface area contributed by atoms with Gasteiger partial charge < -0.3 is 4.79 Å². The van der Waals surface area contributed by atoms with Crippen molar-refractivity contribution in [1.82, 2.24) is 4.90 Å². The Hall–Kier alpha value is -0.440. The number of hydrogen-bond donors (Lipinski definition) is 0. The molecule has 2 atom stereocenters. The van der Waals surface area contributed by atoms with Crippen LogP contribution in [0.2, 0.25) is 0 Å². The van der Waals surface area contributed by atoms with Crippen molar-refractivity contribution in [2.45, 2.75) is 45.2 Å². The van der Waals surface area contributed by atoms with E-state index in [-0.39, 0.29) is 12.6 Å². The van der Waals surface area contributed by atoms with Crippen LogP contribution in [-0.4, -0.2) is 36.5 Å². The SMILES string of the molecule is C[C@@H]1CC(C=O)C[C@@H](C)N1CCCF. The molecule has 1 aliphatic rings. The number of aldehydes is 1. The van der Waals surface area contributed by atoms with Crippen LogP contribution in [0.25, 0.3) is 0 Å². The molecular formula is C11H20FNO. The third kappa shape index (κ3) is 2.77. The summed E-state index contributed by atoms with van der Waals surface area (Å²) in [4.78, 5) is 13.0. The zero-order chi connectivity index (χ0) is 10.6. The lowest BCUT2D eigenvalue weighted by Crippen LogP contribution is -2.47. The van der Waals surface area contributed by atoms with Gasteiger partial charge in [-0.2, -0.15) is 0 Å². The van der Waals surface area contributed by atoms with Crippen molar-refractivity contribution in [3.05, 3.63) is 0 Å². The molecule has 0 aromatic carbocycles. The van der Waals surface area contributed by atoms with E-state index in [1.807, 2.05) is 0 Å². The molecule has 0 unspecified atom stereocenters. The zero-order valence-corrected chi connectivity index (χ0v) is 9.08. The highest BCUT2D eigenvalue weighted by atomic mass is 19.1. The first-order chi connectivity index (χ1) is 6.69. The average molecular weight is 201 g/mol. The van der Waals surface area contributed by atoms with Crippen LogP contribution in [0, 0.1) is 5.92 Å². The Morgan fingerprint density at radius 2 is 1.93 bits per heavy atom. The van der Waals surface area contributed by atoms with E-state index in [1.165, 1.54) is 0 Å². The summed E-state index contributed by atoms with van der Waals surface area (Å²) in [7, 11) is 0. The van der Waals surface area contributed by atoms with Crippen molar-refractivity contribution in [2.24, 2.45) is 5.92 Å².